The van der Waals surface area contributed by atoms with Crippen molar-refractivity contribution in [3.05, 3.63) is 26.6 Å². The first-order valence-corrected chi connectivity index (χ1v) is 10.1. The number of hydrogen-bond acceptors (Lipinski definition) is 3. The second-order valence-electron chi connectivity index (χ2n) is 7.69. The molecule has 0 radical (unpaired) electrons. The van der Waals surface area contributed by atoms with E-state index in [2.05, 4.69) is 51.8 Å². The lowest BCUT2D eigenvalue weighted by Gasteiger charge is -2.24. The Labute approximate surface area is 167 Å². The molecule has 0 aliphatic carbocycles. The fourth-order valence-electron chi connectivity index (χ4n) is 2.92. The molecule has 1 aromatic rings. The van der Waals surface area contributed by atoms with Crippen molar-refractivity contribution in [2.75, 3.05) is 13.1 Å². The first-order valence-electron chi connectivity index (χ1n) is 8.53. The number of amides is 1. The summed E-state index contributed by atoms with van der Waals surface area (Å²) >= 11 is 7.05. The van der Waals surface area contributed by atoms with Crippen molar-refractivity contribution >= 4 is 49.4 Å². The lowest BCUT2D eigenvalue weighted by atomic mass is 10.0. The van der Waals surface area contributed by atoms with Crippen molar-refractivity contribution in [1.29, 1.82) is 0 Å². The molecule has 2 rings (SSSR count). The van der Waals surface area contributed by atoms with E-state index in [1.807, 2.05) is 31.7 Å². The summed E-state index contributed by atoms with van der Waals surface area (Å²) in [4.78, 5) is 18.8. The van der Waals surface area contributed by atoms with Gasteiger partial charge in [-0.25, -0.2) is 4.79 Å². The van der Waals surface area contributed by atoms with Crippen molar-refractivity contribution in [2.45, 2.75) is 53.1 Å². The third-order valence-corrected chi connectivity index (χ3v) is 5.92. The molecule has 1 fully saturated rings. The number of carbonyl (C=O) groups is 1. The van der Waals surface area contributed by atoms with Gasteiger partial charge in [-0.05, 0) is 103 Å². The van der Waals surface area contributed by atoms with Crippen molar-refractivity contribution < 1.29 is 9.53 Å². The molecule has 4 nitrogen and oxygen atoms in total. The van der Waals surface area contributed by atoms with Gasteiger partial charge in [-0.1, -0.05) is 0 Å². The Kier molecular flexibility index (Phi) is 6.71. The van der Waals surface area contributed by atoms with Crippen LogP contribution < -0.4 is 0 Å². The molecule has 0 N–H and O–H groups in total. The highest BCUT2D eigenvalue weighted by molar-refractivity contribution is 9.13. The van der Waals surface area contributed by atoms with Gasteiger partial charge in [0.2, 0.25) is 0 Å². The molecule has 0 spiro atoms. The second kappa shape index (κ2) is 8.21. The summed E-state index contributed by atoms with van der Waals surface area (Å²) in [7, 11) is 0. The minimum atomic E-state index is -0.445. The van der Waals surface area contributed by atoms with Crippen LogP contribution in [0.15, 0.2) is 26.1 Å². The maximum atomic E-state index is 12.2. The van der Waals surface area contributed by atoms with Crippen LogP contribution in [0.3, 0.4) is 0 Å². The number of likely N-dealkylation sites (tertiary alicyclic amines) is 1. The van der Waals surface area contributed by atoms with Gasteiger partial charge < -0.3 is 9.64 Å². The number of nitrogens with zero attached hydrogens (tertiary/aromatic N) is 2. The average molecular weight is 474 g/mol. The quantitative estimate of drug-likeness (QED) is 0.486. The number of aryl methyl sites for hydroxylation is 1. The molecular formula is C19H26Br2N2O2. The van der Waals surface area contributed by atoms with Crippen molar-refractivity contribution in [3.63, 3.8) is 0 Å². The monoisotopic (exact) mass is 472 g/mol. The third kappa shape index (κ3) is 6.10. The van der Waals surface area contributed by atoms with Gasteiger partial charge in [0.1, 0.15) is 5.60 Å². The van der Waals surface area contributed by atoms with Crippen LogP contribution in [0.2, 0.25) is 0 Å². The second-order valence-corrected chi connectivity index (χ2v) is 9.39. The first kappa shape index (κ1) is 20.4. The van der Waals surface area contributed by atoms with Crippen LogP contribution in [0.25, 0.3) is 0 Å². The Balaban J connectivity index is 1.97. The van der Waals surface area contributed by atoms with Crippen LogP contribution in [0.1, 0.15) is 46.1 Å². The van der Waals surface area contributed by atoms with Gasteiger partial charge in [-0.2, -0.15) is 0 Å². The van der Waals surface area contributed by atoms with Crippen LogP contribution in [0, 0.1) is 12.8 Å². The maximum Gasteiger partial charge on any atom is 0.410 e. The molecule has 1 saturated heterocycles. The molecule has 1 heterocycles. The molecule has 0 aromatic heterocycles. The summed E-state index contributed by atoms with van der Waals surface area (Å²) in [6.45, 7) is 11.3. The van der Waals surface area contributed by atoms with E-state index in [0.29, 0.717) is 5.92 Å². The van der Waals surface area contributed by atoms with E-state index in [1.165, 1.54) is 0 Å². The summed E-state index contributed by atoms with van der Waals surface area (Å²) in [6, 6.07) is 4.10. The lowest BCUT2D eigenvalue weighted by molar-refractivity contribution is 0.0288. The van der Waals surface area contributed by atoms with E-state index >= 15 is 0 Å². The van der Waals surface area contributed by atoms with Gasteiger partial charge in [0.15, 0.2) is 0 Å². The highest BCUT2D eigenvalue weighted by Gasteiger charge is 2.29. The number of hydrogen-bond donors (Lipinski definition) is 0. The number of aliphatic imine (C=N–C) groups is 1. The Morgan fingerprint density at radius 1 is 1.32 bits per heavy atom. The van der Waals surface area contributed by atoms with Crippen LogP contribution in [-0.2, 0) is 4.74 Å². The van der Waals surface area contributed by atoms with Crippen LogP contribution in [0.4, 0.5) is 10.5 Å². The zero-order chi connectivity index (χ0) is 18.8. The number of benzene rings is 1. The topological polar surface area (TPSA) is 41.9 Å². The van der Waals surface area contributed by atoms with E-state index in [0.717, 1.165) is 51.8 Å². The van der Waals surface area contributed by atoms with Gasteiger partial charge >= 0.3 is 6.09 Å². The molecule has 0 saturated carbocycles. The summed E-state index contributed by atoms with van der Waals surface area (Å²) in [5, 5.41) is 0. The van der Waals surface area contributed by atoms with E-state index in [-0.39, 0.29) is 6.09 Å². The molecule has 6 heteroatoms. The predicted molar refractivity (Wildman–Crippen MR) is 110 cm³/mol. The Morgan fingerprint density at radius 2 is 1.96 bits per heavy atom. The van der Waals surface area contributed by atoms with Gasteiger partial charge in [0.25, 0.3) is 0 Å². The first-order chi connectivity index (χ1) is 11.5. The van der Waals surface area contributed by atoms with E-state index < -0.39 is 5.60 Å². The molecular weight excluding hydrogens is 448 g/mol. The fourth-order valence-corrected chi connectivity index (χ4v) is 3.71. The fraction of sp³-hybridized carbons (Fsp3) is 0.579. The molecule has 1 aliphatic heterocycles. The Bertz CT molecular complexity index is 681. The minimum Gasteiger partial charge on any atom is -0.444 e. The van der Waals surface area contributed by atoms with Gasteiger partial charge in [0.05, 0.1) is 5.69 Å². The Hall–Kier alpha value is -0.880. The van der Waals surface area contributed by atoms with E-state index in [4.69, 9.17) is 9.73 Å². The van der Waals surface area contributed by atoms with Gasteiger partial charge in [-0.3, -0.25) is 4.99 Å². The number of halogens is 2. The van der Waals surface area contributed by atoms with Crippen LogP contribution in [-0.4, -0.2) is 35.4 Å². The molecule has 1 aliphatic rings. The average Bonchev–Trinajstić information content (AvgIpc) is 2.91. The molecule has 0 unspecified atom stereocenters. The van der Waals surface area contributed by atoms with Crippen LogP contribution >= 0.6 is 31.9 Å². The van der Waals surface area contributed by atoms with E-state index in [9.17, 15) is 4.79 Å². The molecule has 1 aromatic carbocycles. The molecule has 1 atom stereocenters. The standard InChI is InChI=1S/C19H26Br2N2O2/c1-12-8-15(20)16(21)10-17(12)22-13(2)9-14-6-7-23(11-14)18(24)25-19(3,4)5/h8,10,14H,6-7,9,11H2,1-5H3/t14-/m1/s1. The minimum absolute atomic E-state index is 0.211. The highest BCUT2D eigenvalue weighted by atomic mass is 79.9. The van der Waals surface area contributed by atoms with Gasteiger partial charge in [0, 0.05) is 27.7 Å². The number of carbonyl (C=O) groups excluding carboxylic acids is 1. The molecule has 1 amide bonds. The summed E-state index contributed by atoms with van der Waals surface area (Å²) in [6.07, 6.45) is 1.68. The maximum absolute atomic E-state index is 12.2. The summed E-state index contributed by atoms with van der Waals surface area (Å²) in [5.74, 6) is 0.440. The Morgan fingerprint density at radius 3 is 2.60 bits per heavy atom. The predicted octanol–water partition coefficient (Wildman–Crippen LogP) is 6.26. The summed E-state index contributed by atoms with van der Waals surface area (Å²) in [5.41, 5.74) is 2.76. The van der Waals surface area contributed by atoms with Crippen molar-refractivity contribution in [3.8, 4) is 0 Å². The zero-order valence-corrected chi connectivity index (χ0v) is 18.7. The number of rotatable bonds is 3. The largest absolute Gasteiger partial charge is 0.444 e. The highest BCUT2D eigenvalue weighted by Crippen LogP contribution is 2.31. The normalized spacial score (nSPS) is 18.6. The smallest absolute Gasteiger partial charge is 0.410 e. The molecule has 0 bridgehead atoms. The van der Waals surface area contributed by atoms with Crippen LogP contribution in [0.5, 0.6) is 0 Å². The third-order valence-electron chi connectivity index (χ3n) is 4.07. The SMILES string of the molecule is CC(C[C@H]1CCN(C(=O)OC(C)(C)C)C1)=Nc1cc(Br)c(Br)cc1C. The van der Waals surface area contributed by atoms with Crippen molar-refractivity contribution in [1.82, 2.24) is 4.90 Å². The lowest BCUT2D eigenvalue weighted by Crippen LogP contribution is -2.35. The van der Waals surface area contributed by atoms with Gasteiger partial charge in [-0.15, -0.1) is 0 Å². The van der Waals surface area contributed by atoms with E-state index in [1.54, 1.807) is 0 Å². The molecule has 25 heavy (non-hydrogen) atoms. The zero-order valence-electron chi connectivity index (χ0n) is 15.5. The van der Waals surface area contributed by atoms with Crippen molar-refractivity contribution in [2.24, 2.45) is 10.9 Å². The molecule has 138 valence electrons. The number of ether oxygens (including phenoxy) is 1. The summed E-state index contributed by atoms with van der Waals surface area (Å²) < 4.78 is 7.49.